The molecule has 1 aliphatic carbocycles. The van der Waals surface area contributed by atoms with Gasteiger partial charge in [-0.05, 0) is 75.6 Å². The van der Waals surface area contributed by atoms with E-state index in [1.165, 1.54) is 64.3 Å². The Labute approximate surface area is 198 Å². The van der Waals surface area contributed by atoms with Gasteiger partial charge in [-0.2, -0.15) is 5.10 Å². The zero-order chi connectivity index (χ0) is 22.6. The second-order valence-electron chi connectivity index (χ2n) is 10.8. The maximum Gasteiger partial charge on any atom is 0.184 e. The predicted octanol–water partition coefficient (Wildman–Crippen LogP) is 5.21. The molecule has 0 bridgehead atoms. The van der Waals surface area contributed by atoms with E-state index in [2.05, 4.69) is 27.0 Å². The largest absolute Gasteiger partial charge is 0.357 e. The van der Waals surface area contributed by atoms with Crippen LogP contribution in [-0.2, 0) is 7.05 Å². The summed E-state index contributed by atoms with van der Waals surface area (Å²) in [4.78, 5) is 23.2. The molecular weight excluding hydrogens is 410 g/mol. The maximum atomic E-state index is 13.2. The highest BCUT2D eigenvalue weighted by atomic mass is 16.1. The number of fused-ring (bicyclic) bond motifs is 1. The molecule has 5 rings (SSSR count). The van der Waals surface area contributed by atoms with E-state index in [9.17, 15) is 4.79 Å². The van der Waals surface area contributed by atoms with E-state index in [1.54, 1.807) is 4.68 Å². The maximum absolute atomic E-state index is 13.2. The molecule has 0 spiro atoms. The van der Waals surface area contributed by atoms with Gasteiger partial charge >= 0.3 is 0 Å². The average molecular weight is 452 g/mol. The molecule has 2 aromatic heterocycles. The van der Waals surface area contributed by atoms with Crippen LogP contribution in [0.1, 0.15) is 87.5 Å². The van der Waals surface area contributed by atoms with Gasteiger partial charge in [0.05, 0.1) is 5.39 Å². The molecule has 3 aliphatic rings. The molecular formula is C27H41N5O. The number of nitrogens with zero attached hydrogens (tertiary/aromatic N) is 5. The van der Waals surface area contributed by atoms with Crippen molar-refractivity contribution in [2.75, 3.05) is 37.6 Å². The van der Waals surface area contributed by atoms with Crippen LogP contribution in [0.5, 0.6) is 0 Å². The van der Waals surface area contributed by atoms with Gasteiger partial charge in [-0.25, -0.2) is 9.67 Å². The zero-order valence-electron chi connectivity index (χ0n) is 20.5. The van der Waals surface area contributed by atoms with Gasteiger partial charge < -0.3 is 9.80 Å². The van der Waals surface area contributed by atoms with Gasteiger partial charge in [-0.1, -0.05) is 32.1 Å². The van der Waals surface area contributed by atoms with Crippen LogP contribution >= 0.6 is 0 Å². The van der Waals surface area contributed by atoms with E-state index in [0.717, 1.165) is 61.8 Å². The summed E-state index contributed by atoms with van der Waals surface area (Å²) in [6, 6.07) is 4.19. The molecule has 2 saturated heterocycles. The Balaban J connectivity index is 1.21. The molecule has 0 aromatic carbocycles. The number of ketones is 1. The van der Waals surface area contributed by atoms with Crippen molar-refractivity contribution in [3.8, 4) is 0 Å². The SMILES string of the molecule is Cn1nc(C(=O)CC2CCN(CC3CCCC3)CC2)c2ccc(N3CCCCCCC3)nc21. The molecule has 180 valence electrons. The molecule has 0 amide bonds. The van der Waals surface area contributed by atoms with E-state index >= 15 is 0 Å². The number of aromatic nitrogens is 3. The molecule has 0 unspecified atom stereocenters. The molecule has 6 nitrogen and oxygen atoms in total. The van der Waals surface area contributed by atoms with Crippen molar-refractivity contribution < 1.29 is 4.79 Å². The first-order chi connectivity index (χ1) is 16.2. The van der Waals surface area contributed by atoms with Crippen molar-refractivity contribution in [2.24, 2.45) is 18.9 Å². The number of carbonyl (C=O) groups is 1. The van der Waals surface area contributed by atoms with Crippen LogP contribution in [0.25, 0.3) is 11.0 Å². The number of piperidine rings is 1. The number of carbonyl (C=O) groups excluding carboxylic acids is 1. The van der Waals surface area contributed by atoms with Crippen molar-refractivity contribution in [2.45, 2.75) is 77.0 Å². The van der Waals surface area contributed by atoms with E-state index in [0.29, 0.717) is 18.0 Å². The van der Waals surface area contributed by atoms with Gasteiger partial charge in [0.15, 0.2) is 11.4 Å². The number of rotatable bonds is 6. The normalized spacial score (nSPS) is 22.0. The van der Waals surface area contributed by atoms with Crippen LogP contribution in [0.2, 0.25) is 0 Å². The van der Waals surface area contributed by atoms with E-state index in [4.69, 9.17) is 4.98 Å². The number of hydrogen-bond acceptors (Lipinski definition) is 5. The van der Waals surface area contributed by atoms with Crippen molar-refractivity contribution in [1.82, 2.24) is 19.7 Å². The van der Waals surface area contributed by atoms with E-state index < -0.39 is 0 Å². The van der Waals surface area contributed by atoms with Gasteiger partial charge in [-0.15, -0.1) is 0 Å². The van der Waals surface area contributed by atoms with Crippen molar-refractivity contribution >= 4 is 22.6 Å². The predicted molar refractivity (Wildman–Crippen MR) is 134 cm³/mol. The lowest BCUT2D eigenvalue weighted by atomic mass is 9.90. The summed E-state index contributed by atoms with van der Waals surface area (Å²) in [5.74, 6) is 2.62. The molecule has 6 heteroatoms. The second kappa shape index (κ2) is 10.5. The fraction of sp³-hybridized carbons (Fsp3) is 0.741. The first-order valence-corrected chi connectivity index (χ1v) is 13.5. The number of likely N-dealkylation sites (tertiary alicyclic amines) is 1. The summed E-state index contributed by atoms with van der Waals surface area (Å²) in [5, 5.41) is 5.55. The molecule has 0 N–H and O–H groups in total. The Morgan fingerprint density at radius 2 is 1.58 bits per heavy atom. The molecule has 2 aliphatic heterocycles. The smallest absolute Gasteiger partial charge is 0.184 e. The lowest BCUT2D eigenvalue weighted by Gasteiger charge is -2.33. The van der Waals surface area contributed by atoms with Crippen LogP contribution in [0.4, 0.5) is 5.82 Å². The Morgan fingerprint density at radius 1 is 0.879 bits per heavy atom. The molecule has 2 aromatic rings. The highest BCUT2D eigenvalue weighted by Gasteiger charge is 2.27. The van der Waals surface area contributed by atoms with E-state index in [1.807, 2.05) is 7.05 Å². The summed E-state index contributed by atoms with van der Waals surface area (Å²) in [6.45, 7) is 5.72. The van der Waals surface area contributed by atoms with Gasteiger partial charge in [0.25, 0.3) is 0 Å². The Hall–Kier alpha value is -1.95. The molecule has 4 heterocycles. The Bertz CT molecular complexity index is 931. The van der Waals surface area contributed by atoms with Crippen LogP contribution in [0.15, 0.2) is 12.1 Å². The third kappa shape index (κ3) is 5.42. The van der Waals surface area contributed by atoms with Crippen molar-refractivity contribution in [3.63, 3.8) is 0 Å². The van der Waals surface area contributed by atoms with Gasteiger partial charge in [-0.3, -0.25) is 4.79 Å². The summed E-state index contributed by atoms with van der Waals surface area (Å²) in [6.07, 6.45) is 15.0. The quantitative estimate of drug-likeness (QED) is 0.564. The molecule has 1 saturated carbocycles. The lowest BCUT2D eigenvalue weighted by molar-refractivity contribution is 0.0916. The monoisotopic (exact) mass is 451 g/mol. The summed E-state index contributed by atoms with van der Waals surface area (Å²) < 4.78 is 1.81. The van der Waals surface area contributed by atoms with Gasteiger partial charge in [0.1, 0.15) is 11.5 Å². The lowest BCUT2D eigenvalue weighted by Crippen LogP contribution is -2.37. The Kier molecular flexibility index (Phi) is 7.29. The third-order valence-corrected chi connectivity index (χ3v) is 8.29. The highest BCUT2D eigenvalue weighted by molar-refractivity contribution is 6.05. The number of pyridine rings is 1. The summed E-state index contributed by atoms with van der Waals surface area (Å²) >= 11 is 0. The average Bonchev–Trinajstić information content (AvgIpc) is 3.43. The third-order valence-electron chi connectivity index (χ3n) is 8.29. The second-order valence-corrected chi connectivity index (χ2v) is 10.8. The number of hydrogen-bond donors (Lipinski definition) is 0. The summed E-state index contributed by atoms with van der Waals surface area (Å²) in [7, 11) is 1.92. The highest BCUT2D eigenvalue weighted by Crippen LogP contribution is 2.29. The first kappa shape index (κ1) is 22.8. The standard InChI is InChI=1S/C27H41N5O/c1-30-27-23(11-12-25(28-27)32-15-7-3-2-4-8-16-32)26(29-30)24(33)19-21-13-17-31(18-14-21)20-22-9-5-6-10-22/h11-12,21-22H,2-10,13-20H2,1H3. The minimum atomic E-state index is 0.190. The van der Waals surface area contributed by atoms with Crippen LogP contribution in [-0.4, -0.2) is 58.2 Å². The van der Waals surface area contributed by atoms with E-state index in [-0.39, 0.29) is 5.78 Å². The zero-order valence-corrected chi connectivity index (χ0v) is 20.5. The Morgan fingerprint density at radius 3 is 2.30 bits per heavy atom. The van der Waals surface area contributed by atoms with Crippen molar-refractivity contribution in [1.29, 1.82) is 0 Å². The van der Waals surface area contributed by atoms with Gasteiger partial charge in [0.2, 0.25) is 0 Å². The summed E-state index contributed by atoms with van der Waals surface area (Å²) in [5.41, 5.74) is 1.46. The fourth-order valence-electron chi connectivity index (χ4n) is 6.27. The molecule has 33 heavy (non-hydrogen) atoms. The van der Waals surface area contributed by atoms with Crippen LogP contribution < -0.4 is 4.90 Å². The van der Waals surface area contributed by atoms with Gasteiger partial charge in [0, 0.05) is 33.1 Å². The molecule has 3 fully saturated rings. The van der Waals surface area contributed by atoms with Crippen LogP contribution in [0, 0.1) is 11.8 Å². The topological polar surface area (TPSA) is 54.3 Å². The number of anilines is 1. The minimum Gasteiger partial charge on any atom is -0.357 e. The first-order valence-electron chi connectivity index (χ1n) is 13.5. The van der Waals surface area contributed by atoms with Crippen molar-refractivity contribution in [3.05, 3.63) is 17.8 Å². The number of aryl methyl sites for hydroxylation is 1. The van der Waals surface area contributed by atoms with Crippen LogP contribution in [0.3, 0.4) is 0 Å². The number of Topliss-reactive ketones (excluding diaryl/α,β-unsaturated/α-hetero) is 1. The molecule has 0 atom stereocenters. The minimum absolute atomic E-state index is 0.190. The molecule has 0 radical (unpaired) electrons. The fourth-order valence-corrected chi connectivity index (χ4v) is 6.27.